The van der Waals surface area contributed by atoms with E-state index in [2.05, 4.69) is 9.47 Å². The zero-order valence-electron chi connectivity index (χ0n) is 9.28. The molecule has 0 heterocycles. The molecular formula is C11H13F2NO3. The van der Waals surface area contributed by atoms with Crippen LogP contribution >= 0.6 is 0 Å². The summed E-state index contributed by atoms with van der Waals surface area (Å²) in [5.41, 5.74) is 5.10. The first-order valence-corrected chi connectivity index (χ1v) is 5.05. The van der Waals surface area contributed by atoms with Gasteiger partial charge in [0.1, 0.15) is 5.75 Å². The van der Waals surface area contributed by atoms with Crippen molar-refractivity contribution in [1.82, 2.24) is 0 Å². The molecule has 0 saturated carbocycles. The largest absolute Gasteiger partial charge is 0.535 e. The molecule has 0 unspecified atom stereocenters. The number of ether oxygens (including phenoxy) is 2. The summed E-state index contributed by atoms with van der Waals surface area (Å²) in [6.07, 6.45) is -3.27. The van der Waals surface area contributed by atoms with Crippen LogP contribution in [0.2, 0.25) is 0 Å². The van der Waals surface area contributed by atoms with E-state index in [9.17, 15) is 13.6 Å². The van der Waals surface area contributed by atoms with Crippen LogP contribution in [0.4, 0.5) is 8.78 Å². The Hall–Kier alpha value is -1.69. The minimum Gasteiger partial charge on any atom is -0.409 e. The third-order valence-electron chi connectivity index (χ3n) is 1.83. The van der Waals surface area contributed by atoms with E-state index in [-0.39, 0.29) is 17.9 Å². The molecular weight excluding hydrogens is 232 g/mol. The number of hydrogen-bond donors (Lipinski definition) is 1. The molecule has 2 N–H and O–H groups in total. The summed E-state index contributed by atoms with van der Waals surface area (Å²) in [5, 5.41) is 0. The third kappa shape index (κ3) is 4.36. The van der Waals surface area contributed by atoms with Crippen LogP contribution in [-0.2, 0) is 4.74 Å². The highest BCUT2D eigenvalue weighted by Gasteiger charge is 2.33. The van der Waals surface area contributed by atoms with E-state index in [1.807, 2.05) is 0 Å². The summed E-state index contributed by atoms with van der Waals surface area (Å²) in [6, 6.07) is 5.22. The van der Waals surface area contributed by atoms with Gasteiger partial charge in [0.15, 0.2) is 0 Å². The van der Waals surface area contributed by atoms with Crippen LogP contribution in [0.25, 0.3) is 0 Å². The topological polar surface area (TPSA) is 61.6 Å². The minimum atomic E-state index is -3.72. The van der Waals surface area contributed by atoms with E-state index in [0.717, 1.165) is 6.07 Å². The van der Waals surface area contributed by atoms with Crippen molar-refractivity contribution < 1.29 is 23.0 Å². The standard InChI is InChI=1S/C11H13F2NO3/c1-2-6-16-11(12,13)17-9-5-3-4-8(7-9)10(14)15/h3-5,7H,2,6H2,1H3,(H2,14,15). The molecule has 0 aromatic heterocycles. The molecule has 4 nitrogen and oxygen atoms in total. The number of hydrogen-bond acceptors (Lipinski definition) is 3. The fraction of sp³-hybridized carbons (Fsp3) is 0.364. The molecule has 1 aromatic carbocycles. The average molecular weight is 245 g/mol. The van der Waals surface area contributed by atoms with Gasteiger partial charge in [-0.2, -0.15) is 0 Å². The van der Waals surface area contributed by atoms with Gasteiger partial charge in [0.25, 0.3) is 0 Å². The Morgan fingerprint density at radius 1 is 1.47 bits per heavy atom. The molecule has 0 aliphatic carbocycles. The van der Waals surface area contributed by atoms with Gasteiger partial charge in [0.2, 0.25) is 5.91 Å². The lowest BCUT2D eigenvalue weighted by atomic mass is 10.2. The molecule has 0 atom stereocenters. The Balaban J connectivity index is 2.73. The fourth-order valence-corrected chi connectivity index (χ4v) is 1.10. The van der Waals surface area contributed by atoms with Crippen LogP contribution in [-0.4, -0.2) is 18.8 Å². The Morgan fingerprint density at radius 2 is 2.18 bits per heavy atom. The Kier molecular flexibility index (Phi) is 4.39. The first kappa shape index (κ1) is 13.4. The first-order chi connectivity index (χ1) is 7.94. The van der Waals surface area contributed by atoms with Crippen molar-refractivity contribution in [2.75, 3.05) is 6.61 Å². The molecule has 1 rings (SSSR count). The Morgan fingerprint density at radius 3 is 2.76 bits per heavy atom. The highest BCUT2D eigenvalue weighted by molar-refractivity contribution is 5.93. The van der Waals surface area contributed by atoms with Crippen LogP contribution < -0.4 is 10.5 Å². The van der Waals surface area contributed by atoms with Gasteiger partial charge in [-0.1, -0.05) is 13.0 Å². The van der Waals surface area contributed by atoms with Crippen molar-refractivity contribution in [3.63, 3.8) is 0 Å². The summed E-state index contributed by atoms with van der Waals surface area (Å²) in [5.74, 6) is -0.893. The number of carbonyl (C=O) groups is 1. The van der Waals surface area contributed by atoms with Crippen LogP contribution in [0.1, 0.15) is 23.7 Å². The van der Waals surface area contributed by atoms with Crippen LogP contribution in [0.5, 0.6) is 5.75 Å². The monoisotopic (exact) mass is 245 g/mol. The molecule has 1 aromatic rings. The van der Waals surface area contributed by atoms with E-state index >= 15 is 0 Å². The van der Waals surface area contributed by atoms with E-state index in [1.54, 1.807) is 6.92 Å². The Labute approximate surface area is 97.3 Å². The maximum absolute atomic E-state index is 13.1. The molecule has 0 spiro atoms. The summed E-state index contributed by atoms with van der Waals surface area (Å²) < 4.78 is 34.7. The summed E-state index contributed by atoms with van der Waals surface area (Å²) in [7, 11) is 0. The molecule has 0 saturated heterocycles. The average Bonchev–Trinajstić information content (AvgIpc) is 2.26. The smallest absolute Gasteiger partial charge is 0.409 e. The molecule has 6 heteroatoms. The highest BCUT2D eigenvalue weighted by Crippen LogP contribution is 2.23. The van der Waals surface area contributed by atoms with Crippen molar-refractivity contribution in [1.29, 1.82) is 0 Å². The molecule has 0 aliphatic heterocycles. The summed E-state index contributed by atoms with van der Waals surface area (Å²) >= 11 is 0. The second kappa shape index (κ2) is 5.58. The van der Waals surface area contributed by atoms with Crippen LogP contribution in [0.3, 0.4) is 0 Å². The number of nitrogens with two attached hydrogens (primary N) is 1. The Bertz CT molecular complexity index is 396. The van der Waals surface area contributed by atoms with Crippen molar-refractivity contribution in [2.45, 2.75) is 19.6 Å². The zero-order valence-corrected chi connectivity index (χ0v) is 9.28. The highest BCUT2D eigenvalue weighted by atomic mass is 19.3. The molecule has 1 amide bonds. The number of amides is 1. The second-order valence-corrected chi connectivity index (χ2v) is 3.31. The van der Waals surface area contributed by atoms with Crippen LogP contribution in [0, 0.1) is 0 Å². The number of primary amides is 1. The normalized spacial score (nSPS) is 11.2. The van der Waals surface area contributed by atoms with Crippen LogP contribution in [0.15, 0.2) is 24.3 Å². The SMILES string of the molecule is CCCOC(F)(F)Oc1cccc(C(N)=O)c1. The number of rotatable bonds is 6. The second-order valence-electron chi connectivity index (χ2n) is 3.31. The zero-order chi connectivity index (χ0) is 12.9. The summed E-state index contributed by atoms with van der Waals surface area (Å²) in [4.78, 5) is 10.8. The van der Waals surface area contributed by atoms with Crippen molar-refractivity contribution in [3.8, 4) is 5.75 Å². The molecule has 0 fully saturated rings. The van der Waals surface area contributed by atoms with Gasteiger partial charge in [-0.05, 0) is 24.6 Å². The van der Waals surface area contributed by atoms with E-state index in [4.69, 9.17) is 5.73 Å². The minimum absolute atomic E-state index is 0.0915. The molecule has 17 heavy (non-hydrogen) atoms. The third-order valence-corrected chi connectivity index (χ3v) is 1.83. The molecule has 0 radical (unpaired) electrons. The van der Waals surface area contributed by atoms with Gasteiger partial charge in [-0.25, -0.2) is 0 Å². The number of carbonyl (C=O) groups excluding carboxylic acids is 1. The molecule has 0 aliphatic rings. The van der Waals surface area contributed by atoms with Crippen molar-refractivity contribution in [3.05, 3.63) is 29.8 Å². The van der Waals surface area contributed by atoms with Gasteiger partial charge in [0, 0.05) is 5.56 Å². The number of alkyl halides is 2. The predicted octanol–water partition coefficient (Wildman–Crippen LogP) is 2.14. The number of halogens is 2. The van der Waals surface area contributed by atoms with E-state index < -0.39 is 12.2 Å². The van der Waals surface area contributed by atoms with Crippen molar-refractivity contribution >= 4 is 5.91 Å². The lowest BCUT2D eigenvalue weighted by Crippen LogP contribution is -2.29. The quantitative estimate of drug-likeness (QED) is 0.781. The maximum atomic E-state index is 13.1. The fourth-order valence-electron chi connectivity index (χ4n) is 1.10. The van der Waals surface area contributed by atoms with Gasteiger partial charge < -0.3 is 10.5 Å². The van der Waals surface area contributed by atoms with Gasteiger partial charge >= 0.3 is 6.29 Å². The number of benzene rings is 1. The predicted molar refractivity (Wildman–Crippen MR) is 56.8 cm³/mol. The van der Waals surface area contributed by atoms with Gasteiger partial charge in [-0.3, -0.25) is 9.53 Å². The van der Waals surface area contributed by atoms with Gasteiger partial charge in [-0.15, -0.1) is 8.78 Å². The first-order valence-electron chi connectivity index (χ1n) is 5.05. The van der Waals surface area contributed by atoms with E-state index in [0.29, 0.717) is 6.42 Å². The maximum Gasteiger partial charge on any atom is 0.535 e. The summed E-state index contributed by atoms with van der Waals surface area (Å²) in [6.45, 7) is 1.58. The van der Waals surface area contributed by atoms with Crippen molar-refractivity contribution in [2.24, 2.45) is 5.73 Å². The molecule has 94 valence electrons. The van der Waals surface area contributed by atoms with Gasteiger partial charge in [0.05, 0.1) is 6.61 Å². The lowest BCUT2D eigenvalue weighted by Gasteiger charge is -2.17. The lowest BCUT2D eigenvalue weighted by molar-refractivity contribution is -0.353. The van der Waals surface area contributed by atoms with E-state index in [1.165, 1.54) is 18.2 Å². The molecule has 0 bridgehead atoms.